The number of rotatable bonds is 9. The van der Waals surface area contributed by atoms with E-state index < -0.39 is 5.91 Å². The van der Waals surface area contributed by atoms with E-state index in [0.29, 0.717) is 28.6 Å². The van der Waals surface area contributed by atoms with E-state index in [1.807, 2.05) is 24.3 Å². The van der Waals surface area contributed by atoms with Gasteiger partial charge in [-0.15, -0.1) is 0 Å². The van der Waals surface area contributed by atoms with Crippen LogP contribution in [-0.2, 0) is 13.1 Å². The molecule has 0 bridgehead atoms. The van der Waals surface area contributed by atoms with Crippen LogP contribution >= 0.6 is 0 Å². The first-order chi connectivity index (χ1) is 24.7. The van der Waals surface area contributed by atoms with Crippen molar-refractivity contribution in [1.29, 1.82) is 0 Å². The van der Waals surface area contributed by atoms with E-state index in [9.17, 15) is 4.79 Å². The normalized spacial score (nSPS) is 14.2. The molecule has 0 spiro atoms. The predicted molar refractivity (Wildman–Crippen MR) is 209 cm³/mol. The lowest BCUT2D eigenvalue weighted by Gasteiger charge is -2.16. The summed E-state index contributed by atoms with van der Waals surface area (Å²) in [6, 6.07) is 38.2. The lowest BCUT2D eigenvalue weighted by Crippen LogP contribution is -2.18. The van der Waals surface area contributed by atoms with Crippen molar-refractivity contribution < 1.29 is 14.3 Å². The van der Waals surface area contributed by atoms with Crippen LogP contribution in [0.3, 0.4) is 0 Å². The van der Waals surface area contributed by atoms with Gasteiger partial charge in [0, 0.05) is 18.7 Å². The Morgan fingerprint density at radius 2 is 0.922 bits per heavy atom. The number of carbonyl (C=O) groups excluding carboxylic acids is 1. The van der Waals surface area contributed by atoms with Crippen LogP contribution in [0.1, 0.15) is 69.4 Å². The van der Waals surface area contributed by atoms with Crippen LogP contribution < -0.4 is 15.2 Å². The molecule has 2 aliphatic heterocycles. The zero-order valence-corrected chi connectivity index (χ0v) is 30.7. The van der Waals surface area contributed by atoms with Crippen LogP contribution in [0.15, 0.2) is 115 Å². The van der Waals surface area contributed by atoms with Crippen LogP contribution in [0.25, 0.3) is 0 Å². The number of amides is 1. The first kappa shape index (κ1) is 37.3. The summed E-state index contributed by atoms with van der Waals surface area (Å²) in [4.78, 5) is 16.7. The fourth-order valence-corrected chi connectivity index (χ4v) is 6.42. The van der Waals surface area contributed by atoms with E-state index in [4.69, 9.17) is 15.2 Å². The molecule has 6 heteroatoms. The molecule has 0 radical (unpaired) electrons. The molecule has 266 valence electrons. The molecule has 2 saturated heterocycles. The number of carbonyl (C=O) groups is 1. The summed E-state index contributed by atoms with van der Waals surface area (Å²) in [6.45, 7) is 15.0. The molecular formula is C45H53N3O3. The number of nitrogens with two attached hydrogens (primary N) is 1. The van der Waals surface area contributed by atoms with Gasteiger partial charge in [-0.1, -0.05) is 95.1 Å². The van der Waals surface area contributed by atoms with Crippen LogP contribution in [0.2, 0.25) is 0 Å². The monoisotopic (exact) mass is 683 g/mol. The van der Waals surface area contributed by atoms with E-state index in [-0.39, 0.29) is 0 Å². The van der Waals surface area contributed by atoms with Gasteiger partial charge in [0.1, 0.15) is 11.5 Å². The number of primary amides is 1. The van der Waals surface area contributed by atoms with Crippen LogP contribution in [0.4, 0.5) is 0 Å². The Hall–Kier alpha value is -4.91. The van der Waals surface area contributed by atoms with Crippen molar-refractivity contribution >= 4 is 5.91 Å². The molecule has 0 atom stereocenters. The average molecular weight is 684 g/mol. The summed E-state index contributed by atoms with van der Waals surface area (Å²) >= 11 is 0. The lowest BCUT2D eigenvalue weighted by atomic mass is 10.1. The third-order valence-corrected chi connectivity index (χ3v) is 9.09. The molecule has 2 aliphatic rings. The van der Waals surface area contributed by atoms with Crippen molar-refractivity contribution in [2.24, 2.45) is 5.73 Å². The largest absolute Gasteiger partial charge is 0.453 e. The number of nitrogens with zero attached hydrogens (tertiary/aromatic N) is 2. The van der Waals surface area contributed by atoms with Gasteiger partial charge in [0.15, 0.2) is 11.5 Å². The molecule has 0 aliphatic carbocycles. The summed E-state index contributed by atoms with van der Waals surface area (Å²) in [7, 11) is 0. The number of ether oxygens (including phenoxy) is 2. The van der Waals surface area contributed by atoms with E-state index in [2.05, 4.69) is 110 Å². The smallest absolute Gasteiger partial charge is 0.248 e. The second-order valence-corrected chi connectivity index (χ2v) is 13.8. The van der Waals surface area contributed by atoms with Gasteiger partial charge < -0.3 is 15.2 Å². The molecule has 2 N–H and O–H groups in total. The highest BCUT2D eigenvalue weighted by Gasteiger charge is 2.15. The quantitative estimate of drug-likeness (QED) is 0.168. The summed E-state index contributed by atoms with van der Waals surface area (Å²) in [5.41, 5.74) is 13.8. The topological polar surface area (TPSA) is 68.0 Å². The van der Waals surface area contributed by atoms with Gasteiger partial charge in [-0.05, 0) is 133 Å². The molecule has 2 heterocycles. The molecular weight excluding hydrogens is 631 g/mol. The Bertz CT molecular complexity index is 1750. The Labute approximate surface area is 304 Å². The van der Waals surface area contributed by atoms with Gasteiger partial charge in [0.2, 0.25) is 5.91 Å². The van der Waals surface area contributed by atoms with Crippen molar-refractivity contribution in [1.82, 2.24) is 9.80 Å². The maximum absolute atomic E-state index is 11.8. The zero-order chi connectivity index (χ0) is 36.0. The minimum Gasteiger partial charge on any atom is -0.453 e. The molecule has 5 aromatic carbocycles. The summed E-state index contributed by atoms with van der Waals surface area (Å²) in [6.07, 6.45) is 5.13. The fraction of sp³-hybridized carbons (Fsp3) is 0.311. The van der Waals surface area contributed by atoms with Crippen LogP contribution in [0.5, 0.6) is 23.0 Å². The molecule has 0 aromatic heterocycles. The summed E-state index contributed by atoms with van der Waals surface area (Å²) in [5.74, 6) is 1.88. The van der Waals surface area contributed by atoms with Gasteiger partial charge >= 0.3 is 0 Å². The Morgan fingerprint density at radius 3 is 1.27 bits per heavy atom. The minimum absolute atomic E-state index is 0.374. The second-order valence-electron chi connectivity index (χ2n) is 13.8. The zero-order valence-electron chi connectivity index (χ0n) is 30.7. The fourth-order valence-electron chi connectivity index (χ4n) is 6.42. The van der Waals surface area contributed by atoms with E-state index in [0.717, 1.165) is 26.2 Å². The highest BCUT2D eigenvalue weighted by Crippen LogP contribution is 2.36. The summed E-state index contributed by atoms with van der Waals surface area (Å²) in [5, 5.41) is 0. The van der Waals surface area contributed by atoms with Crippen molar-refractivity contribution in [3.63, 3.8) is 0 Å². The van der Waals surface area contributed by atoms with Gasteiger partial charge in [0.25, 0.3) is 0 Å². The third-order valence-electron chi connectivity index (χ3n) is 9.09. The molecule has 1 amide bonds. The van der Waals surface area contributed by atoms with Gasteiger partial charge in [-0.25, -0.2) is 0 Å². The molecule has 7 rings (SSSR count). The maximum Gasteiger partial charge on any atom is 0.248 e. The Balaban J connectivity index is 0.000000258. The summed E-state index contributed by atoms with van der Waals surface area (Å²) < 4.78 is 12.3. The number of aryl methyl sites for hydroxylation is 4. The van der Waals surface area contributed by atoms with E-state index >= 15 is 0 Å². The Kier molecular flexibility index (Phi) is 13.8. The number of hydrogen-bond acceptors (Lipinski definition) is 5. The highest BCUT2D eigenvalue weighted by molar-refractivity contribution is 5.93. The van der Waals surface area contributed by atoms with Crippen LogP contribution in [0, 0.1) is 27.7 Å². The highest BCUT2D eigenvalue weighted by atomic mass is 16.5. The molecule has 51 heavy (non-hydrogen) atoms. The lowest BCUT2D eigenvalue weighted by molar-refractivity contribution is 0.1000. The first-order valence-electron chi connectivity index (χ1n) is 18.2. The SMILES string of the molecule is Cc1cccc(C)c1.Cc1cccc(C)c1.NC(=O)c1ccc(Oc2ccc(CN3CCCC3)cc2)c(Oc2ccc(CN3CCCC3)cc2)c1. The second kappa shape index (κ2) is 18.9. The van der Waals surface area contributed by atoms with Crippen LogP contribution in [-0.4, -0.2) is 41.9 Å². The van der Waals surface area contributed by atoms with Crippen molar-refractivity contribution in [2.45, 2.75) is 66.5 Å². The Morgan fingerprint density at radius 1 is 0.529 bits per heavy atom. The molecule has 6 nitrogen and oxygen atoms in total. The number of hydrogen-bond donors (Lipinski definition) is 1. The first-order valence-corrected chi connectivity index (χ1v) is 18.2. The van der Waals surface area contributed by atoms with Gasteiger partial charge in [-0.2, -0.15) is 0 Å². The predicted octanol–water partition coefficient (Wildman–Crippen LogP) is 10.2. The molecule has 0 saturated carbocycles. The van der Waals surface area contributed by atoms with Gasteiger partial charge in [-0.3, -0.25) is 14.6 Å². The maximum atomic E-state index is 11.8. The van der Waals surface area contributed by atoms with Gasteiger partial charge in [0.05, 0.1) is 0 Å². The standard InChI is InChI=1S/C29H33N3O3.2C8H10/c30-29(33)24-9-14-27(34-25-10-5-22(6-11-25)20-31-15-1-2-16-31)28(19-24)35-26-12-7-23(8-13-26)21-32-17-3-4-18-32;2*1-7-4-3-5-8(2)6-7/h5-14,19H,1-4,15-18,20-21H2,(H2,30,33);2*3-6H,1-2H3. The molecule has 5 aromatic rings. The van der Waals surface area contributed by atoms with E-state index in [1.54, 1.807) is 18.2 Å². The van der Waals surface area contributed by atoms with E-state index in [1.165, 1.54) is 72.2 Å². The third kappa shape index (κ3) is 12.4. The molecule has 0 unspecified atom stereocenters. The van der Waals surface area contributed by atoms with Crippen molar-refractivity contribution in [3.8, 4) is 23.0 Å². The number of benzene rings is 5. The average Bonchev–Trinajstić information content (AvgIpc) is 3.83. The number of likely N-dealkylation sites (tertiary alicyclic amines) is 2. The molecule has 2 fully saturated rings. The minimum atomic E-state index is -0.506. The van der Waals surface area contributed by atoms with Crippen molar-refractivity contribution in [2.75, 3.05) is 26.2 Å². The van der Waals surface area contributed by atoms with Crippen molar-refractivity contribution in [3.05, 3.63) is 154 Å².